The molecule has 1 N–H and O–H groups in total. The van der Waals surface area contributed by atoms with Gasteiger partial charge in [0.05, 0.1) is 0 Å². The van der Waals surface area contributed by atoms with Gasteiger partial charge in [-0.3, -0.25) is 0 Å². The van der Waals surface area contributed by atoms with Crippen molar-refractivity contribution in [3.05, 3.63) is 11.6 Å². The van der Waals surface area contributed by atoms with E-state index in [4.69, 9.17) is 0 Å². The highest BCUT2D eigenvalue weighted by atomic mass is 32.1. The highest BCUT2D eigenvalue weighted by Gasteiger charge is 2.11. The molecular weight excluding hydrogens is 220 g/mol. The summed E-state index contributed by atoms with van der Waals surface area (Å²) < 4.78 is 0. The molecule has 94 valence electrons. The van der Waals surface area contributed by atoms with Gasteiger partial charge in [-0.25, -0.2) is 4.98 Å². The zero-order chi connectivity index (χ0) is 13.0. The number of thiazole rings is 1. The van der Waals surface area contributed by atoms with E-state index in [1.54, 1.807) is 17.5 Å². The Morgan fingerprint density at radius 2 is 2.06 bits per heavy atom. The molecule has 0 aliphatic carbocycles. The Morgan fingerprint density at radius 3 is 2.19 bits per heavy atom. The molecule has 1 aromatic heterocycles. The summed E-state index contributed by atoms with van der Waals surface area (Å²) in [6, 6.07) is 0. The minimum absolute atomic E-state index is 0.0972. The Labute approximate surface area is 103 Å². The van der Waals surface area contributed by atoms with Crippen LogP contribution in [0.5, 0.6) is 0 Å². The molecule has 0 atom stereocenters. The summed E-state index contributed by atoms with van der Waals surface area (Å²) in [4.78, 5) is 14.0. The number of carbonyl (C=O) groups is 1. The monoisotopic (exact) mass is 244 g/mol. The fourth-order valence-electron chi connectivity index (χ4n) is 0.430. The number of rotatable bonds is 3. The average Bonchev–Trinajstić information content (AvgIpc) is 2.85. The van der Waals surface area contributed by atoms with E-state index in [0.717, 1.165) is 17.8 Å². The lowest BCUT2D eigenvalue weighted by molar-refractivity contribution is -0.114. The summed E-state index contributed by atoms with van der Waals surface area (Å²) in [7, 11) is 1.86. The summed E-state index contributed by atoms with van der Waals surface area (Å²) >= 11 is 1.60. The molecule has 0 amide bonds. The summed E-state index contributed by atoms with van der Waals surface area (Å²) in [6.07, 6.45) is 3.69. The molecule has 0 saturated carbocycles. The summed E-state index contributed by atoms with van der Waals surface area (Å²) in [5, 5.41) is 5.82. The number of anilines is 1. The van der Waals surface area contributed by atoms with E-state index in [-0.39, 0.29) is 5.41 Å². The zero-order valence-corrected chi connectivity index (χ0v) is 12.0. The third kappa shape index (κ3) is 9.65. The first-order valence-electron chi connectivity index (χ1n) is 5.59. The van der Waals surface area contributed by atoms with Gasteiger partial charge in [-0.15, -0.1) is 11.3 Å². The van der Waals surface area contributed by atoms with Gasteiger partial charge in [0, 0.05) is 24.0 Å². The summed E-state index contributed by atoms with van der Waals surface area (Å²) in [5.74, 6) is 0. The van der Waals surface area contributed by atoms with Crippen LogP contribution in [-0.4, -0.2) is 18.3 Å². The number of hydrogen-bond donors (Lipinski definition) is 1. The maximum Gasteiger partial charge on any atom is 0.182 e. The number of aromatic nitrogens is 1. The zero-order valence-electron chi connectivity index (χ0n) is 11.2. The SMILES string of the molecule is CC.CCC(C)(C)C=O.CNc1nccs1. The highest BCUT2D eigenvalue weighted by molar-refractivity contribution is 7.13. The molecule has 0 aliphatic rings. The van der Waals surface area contributed by atoms with Crippen molar-refractivity contribution in [1.29, 1.82) is 0 Å². The second kappa shape index (κ2) is 10.6. The molecule has 1 rings (SSSR count). The van der Waals surface area contributed by atoms with E-state index in [0.29, 0.717) is 0 Å². The van der Waals surface area contributed by atoms with E-state index in [1.807, 2.05) is 47.0 Å². The van der Waals surface area contributed by atoms with Gasteiger partial charge in [0.25, 0.3) is 0 Å². The molecule has 0 saturated heterocycles. The van der Waals surface area contributed by atoms with E-state index >= 15 is 0 Å². The van der Waals surface area contributed by atoms with Crippen LogP contribution in [0.1, 0.15) is 41.0 Å². The molecular formula is C12H24N2OS. The van der Waals surface area contributed by atoms with Crippen LogP contribution in [-0.2, 0) is 4.79 Å². The molecule has 0 fully saturated rings. The molecule has 1 aromatic rings. The number of nitrogens with zero attached hydrogens (tertiary/aromatic N) is 1. The third-order valence-corrected chi connectivity index (χ3v) is 2.67. The lowest BCUT2D eigenvalue weighted by atomic mass is 9.93. The predicted octanol–water partition coefficient (Wildman–Crippen LogP) is 3.83. The molecule has 16 heavy (non-hydrogen) atoms. The van der Waals surface area contributed by atoms with Crippen LogP contribution in [0.15, 0.2) is 11.6 Å². The maximum absolute atomic E-state index is 10.1. The van der Waals surface area contributed by atoms with Crippen molar-refractivity contribution in [3.8, 4) is 0 Å². The summed E-state index contributed by atoms with van der Waals surface area (Å²) in [5.41, 5.74) is -0.0972. The second-order valence-electron chi connectivity index (χ2n) is 3.55. The molecule has 0 unspecified atom stereocenters. The van der Waals surface area contributed by atoms with Crippen LogP contribution in [0.3, 0.4) is 0 Å². The van der Waals surface area contributed by atoms with Gasteiger partial charge in [0.1, 0.15) is 6.29 Å². The quantitative estimate of drug-likeness (QED) is 0.822. The lowest BCUT2D eigenvalue weighted by Gasteiger charge is -2.10. The number of hydrogen-bond acceptors (Lipinski definition) is 4. The van der Waals surface area contributed by atoms with Crippen LogP contribution in [0, 0.1) is 5.41 Å². The standard InChI is InChI=1S/C6H12O.C4H6N2S.C2H6/c1-4-6(2,3)5-7;1-5-4-6-2-3-7-4;1-2/h5H,4H2,1-3H3;2-3H,1H3,(H,5,6);1-2H3. The Hall–Kier alpha value is -0.900. The smallest absolute Gasteiger partial charge is 0.182 e. The van der Waals surface area contributed by atoms with Crippen molar-refractivity contribution in [2.45, 2.75) is 41.0 Å². The van der Waals surface area contributed by atoms with Crippen molar-refractivity contribution in [2.75, 3.05) is 12.4 Å². The van der Waals surface area contributed by atoms with Crippen LogP contribution in [0.2, 0.25) is 0 Å². The number of nitrogens with one attached hydrogen (secondary N) is 1. The van der Waals surface area contributed by atoms with Gasteiger partial charge < -0.3 is 10.1 Å². The van der Waals surface area contributed by atoms with Gasteiger partial charge in [0.2, 0.25) is 0 Å². The first-order chi connectivity index (χ1) is 7.55. The number of carbonyl (C=O) groups excluding carboxylic acids is 1. The van der Waals surface area contributed by atoms with Crippen LogP contribution >= 0.6 is 11.3 Å². The minimum Gasteiger partial charge on any atom is -0.365 e. The molecule has 0 aromatic carbocycles. The fourth-order valence-corrected chi connectivity index (χ4v) is 0.920. The van der Waals surface area contributed by atoms with Crippen LogP contribution in [0.4, 0.5) is 5.13 Å². The summed E-state index contributed by atoms with van der Waals surface area (Å²) in [6.45, 7) is 9.87. The normalized spacial score (nSPS) is 9.12. The Balaban J connectivity index is 0. The molecule has 3 nitrogen and oxygen atoms in total. The van der Waals surface area contributed by atoms with Crippen molar-refractivity contribution < 1.29 is 4.79 Å². The van der Waals surface area contributed by atoms with Crippen molar-refractivity contribution in [1.82, 2.24) is 4.98 Å². The van der Waals surface area contributed by atoms with E-state index in [9.17, 15) is 4.79 Å². The predicted molar refractivity (Wildman–Crippen MR) is 73.1 cm³/mol. The maximum atomic E-state index is 10.1. The van der Waals surface area contributed by atoms with Crippen LogP contribution in [0.25, 0.3) is 0 Å². The van der Waals surface area contributed by atoms with E-state index in [2.05, 4.69) is 10.3 Å². The van der Waals surface area contributed by atoms with Crippen molar-refractivity contribution in [3.63, 3.8) is 0 Å². The van der Waals surface area contributed by atoms with Gasteiger partial charge in [-0.05, 0) is 6.42 Å². The first kappa shape index (κ1) is 17.5. The van der Waals surface area contributed by atoms with E-state index in [1.165, 1.54) is 0 Å². The number of aldehydes is 1. The van der Waals surface area contributed by atoms with Gasteiger partial charge in [0.15, 0.2) is 5.13 Å². The Morgan fingerprint density at radius 1 is 1.50 bits per heavy atom. The van der Waals surface area contributed by atoms with Crippen LogP contribution < -0.4 is 5.32 Å². The highest BCUT2D eigenvalue weighted by Crippen LogP contribution is 2.14. The Bertz CT molecular complexity index is 246. The molecule has 0 radical (unpaired) electrons. The largest absolute Gasteiger partial charge is 0.365 e. The fraction of sp³-hybridized carbons (Fsp3) is 0.667. The van der Waals surface area contributed by atoms with Gasteiger partial charge in [-0.1, -0.05) is 34.6 Å². The van der Waals surface area contributed by atoms with Gasteiger partial charge in [-0.2, -0.15) is 0 Å². The van der Waals surface area contributed by atoms with Crippen molar-refractivity contribution in [2.24, 2.45) is 5.41 Å². The molecule has 0 spiro atoms. The van der Waals surface area contributed by atoms with E-state index < -0.39 is 0 Å². The molecule has 1 heterocycles. The average molecular weight is 244 g/mol. The van der Waals surface area contributed by atoms with Gasteiger partial charge >= 0.3 is 0 Å². The third-order valence-electron chi connectivity index (χ3n) is 1.88. The molecule has 4 heteroatoms. The van der Waals surface area contributed by atoms with Crippen molar-refractivity contribution >= 4 is 22.8 Å². The lowest BCUT2D eigenvalue weighted by Crippen LogP contribution is -2.09. The Kier molecular flexibility index (Phi) is 11.6. The minimum atomic E-state index is -0.0972. The topological polar surface area (TPSA) is 42.0 Å². The second-order valence-corrected chi connectivity index (χ2v) is 4.44. The molecule has 0 aliphatic heterocycles. The molecule has 0 bridgehead atoms. The first-order valence-corrected chi connectivity index (χ1v) is 6.47.